The highest BCUT2D eigenvalue weighted by atomic mass is 16.4. The van der Waals surface area contributed by atoms with Crippen molar-refractivity contribution in [2.75, 3.05) is 26.2 Å². The molecule has 0 saturated heterocycles. The molecule has 7 nitrogen and oxygen atoms in total. The number of carboxylic acids is 3. The Labute approximate surface area is 187 Å². The average Bonchev–Trinajstić information content (AvgIpc) is 2.68. The van der Waals surface area contributed by atoms with Gasteiger partial charge in [0.25, 0.3) is 0 Å². The molecule has 0 spiro atoms. The maximum Gasteiger partial charge on any atom is 0.311 e. The number of carboxylic acid groups (broad SMARTS) is 3. The van der Waals surface area contributed by atoms with Crippen molar-refractivity contribution in [2.24, 2.45) is 17.8 Å². The molecule has 0 heterocycles. The van der Waals surface area contributed by atoms with Crippen LogP contribution in [0.5, 0.6) is 0 Å². The van der Waals surface area contributed by atoms with Crippen LogP contribution < -0.4 is 0 Å². The van der Waals surface area contributed by atoms with Gasteiger partial charge in [0.15, 0.2) is 0 Å². The predicted molar refractivity (Wildman–Crippen MR) is 122 cm³/mol. The molecule has 7 heteroatoms. The molecular formula is C24H44NO6+. The van der Waals surface area contributed by atoms with E-state index in [-0.39, 0.29) is 24.1 Å². The van der Waals surface area contributed by atoms with E-state index in [9.17, 15) is 29.7 Å². The van der Waals surface area contributed by atoms with Gasteiger partial charge in [-0.3, -0.25) is 14.4 Å². The molecule has 3 atom stereocenters. The van der Waals surface area contributed by atoms with Crippen molar-refractivity contribution in [3.63, 3.8) is 0 Å². The molecule has 0 fully saturated rings. The second-order valence-corrected chi connectivity index (χ2v) is 9.15. The summed E-state index contributed by atoms with van der Waals surface area (Å²) in [5.74, 6) is -4.88. The Hall–Kier alpha value is -1.89. The van der Waals surface area contributed by atoms with Gasteiger partial charge in [-0.05, 0) is 40.0 Å². The van der Waals surface area contributed by atoms with Crippen molar-refractivity contribution in [2.45, 2.75) is 79.1 Å². The zero-order valence-electron chi connectivity index (χ0n) is 19.9. The maximum absolute atomic E-state index is 11.5. The Bertz CT molecular complexity index is 519. The van der Waals surface area contributed by atoms with Gasteiger partial charge in [0, 0.05) is 6.42 Å². The lowest BCUT2D eigenvalue weighted by atomic mass is 10.0. The average molecular weight is 443 g/mol. The first kappa shape index (κ1) is 29.1. The summed E-state index contributed by atoms with van der Waals surface area (Å²) < 4.78 is 0.194. The van der Waals surface area contributed by atoms with Crippen LogP contribution in [0.25, 0.3) is 0 Å². The number of aliphatic carboxylic acids is 3. The minimum atomic E-state index is -0.948. The van der Waals surface area contributed by atoms with E-state index < -0.39 is 35.7 Å². The lowest BCUT2D eigenvalue weighted by molar-refractivity contribution is -0.934. The molecule has 0 aromatic heterocycles. The van der Waals surface area contributed by atoms with Crippen LogP contribution in [0.15, 0.2) is 12.2 Å². The van der Waals surface area contributed by atoms with E-state index in [1.807, 2.05) is 0 Å². The summed E-state index contributed by atoms with van der Waals surface area (Å²) in [4.78, 5) is 34.5. The molecule has 31 heavy (non-hydrogen) atoms. The van der Waals surface area contributed by atoms with Gasteiger partial charge in [-0.2, -0.15) is 0 Å². The highest BCUT2D eigenvalue weighted by molar-refractivity contribution is 5.70. The molecule has 0 rings (SSSR count). The molecule has 0 bridgehead atoms. The normalized spacial score (nSPS) is 16.5. The molecule has 0 aromatic carbocycles. The molecule has 3 unspecified atom stereocenters. The van der Waals surface area contributed by atoms with Crippen LogP contribution in [0.1, 0.15) is 79.1 Å². The summed E-state index contributed by atoms with van der Waals surface area (Å²) in [7, 11) is 0. The van der Waals surface area contributed by atoms with Gasteiger partial charge in [-0.15, -0.1) is 0 Å². The van der Waals surface area contributed by atoms with Crippen LogP contribution >= 0.6 is 0 Å². The minimum absolute atomic E-state index is 0.194. The van der Waals surface area contributed by atoms with Crippen molar-refractivity contribution in [1.29, 1.82) is 0 Å². The standard InChI is InChI=1S/C24H43NO6/c1-5-6-7-8-9-10-11-12-13-14-15-25(16-19(2)22(26)27,17-20(3)23(28)29)18-21(4)24(30)31/h11-12,19-21H,5-10,13-18H2,1-4H3,(H2-,26,27,28,29,30,31)/p+1/b12-11+. The van der Waals surface area contributed by atoms with Crippen molar-refractivity contribution < 1.29 is 34.2 Å². The molecular weight excluding hydrogens is 398 g/mol. The van der Waals surface area contributed by atoms with Gasteiger partial charge in [-0.25, -0.2) is 0 Å². The third kappa shape index (κ3) is 13.2. The van der Waals surface area contributed by atoms with Gasteiger partial charge in [0.2, 0.25) is 0 Å². The molecule has 3 N–H and O–H groups in total. The third-order valence-electron chi connectivity index (χ3n) is 5.89. The summed E-state index contributed by atoms with van der Waals surface area (Å²) >= 11 is 0. The van der Waals surface area contributed by atoms with Gasteiger partial charge in [0.05, 0.1) is 26.2 Å². The number of hydrogen-bond acceptors (Lipinski definition) is 3. The Morgan fingerprint density at radius 1 is 0.677 bits per heavy atom. The van der Waals surface area contributed by atoms with E-state index >= 15 is 0 Å². The second-order valence-electron chi connectivity index (χ2n) is 9.15. The van der Waals surface area contributed by atoms with Gasteiger partial charge < -0.3 is 19.8 Å². The summed E-state index contributed by atoms with van der Waals surface area (Å²) in [6.07, 6.45) is 13.2. The first-order valence-corrected chi connectivity index (χ1v) is 11.7. The maximum atomic E-state index is 11.5. The molecule has 0 aromatic rings. The first-order chi connectivity index (χ1) is 14.5. The Kier molecular flexibility index (Phi) is 14.9. The highest BCUT2D eigenvalue weighted by Crippen LogP contribution is 2.21. The smallest absolute Gasteiger partial charge is 0.311 e. The SMILES string of the molecule is CCCCCCC/C=C/CCC[N+](CC(C)C(=O)O)(CC(C)C(=O)O)CC(C)C(=O)O. The Balaban J connectivity index is 5.12. The lowest BCUT2D eigenvalue weighted by Crippen LogP contribution is -2.57. The molecule has 0 aliphatic heterocycles. The van der Waals surface area contributed by atoms with Crippen molar-refractivity contribution in [1.82, 2.24) is 0 Å². The molecule has 180 valence electrons. The number of nitrogens with zero attached hydrogens (tertiary/aromatic N) is 1. The van der Waals surface area contributed by atoms with E-state index in [2.05, 4.69) is 19.1 Å². The zero-order valence-corrected chi connectivity index (χ0v) is 19.9. The summed E-state index contributed by atoms with van der Waals surface area (Å²) in [6, 6.07) is 0. The molecule has 0 aliphatic rings. The minimum Gasteiger partial charge on any atom is -0.481 e. The molecule has 0 saturated carbocycles. The van der Waals surface area contributed by atoms with Crippen LogP contribution in [-0.4, -0.2) is 63.9 Å². The largest absolute Gasteiger partial charge is 0.481 e. The number of unbranched alkanes of at least 4 members (excludes halogenated alkanes) is 6. The van der Waals surface area contributed by atoms with E-state index in [0.717, 1.165) is 19.3 Å². The summed E-state index contributed by atoms with van der Waals surface area (Å²) in [5, 5.41) is 28.3. The van der Waals surface area contributed by atoms with Crippen LogP contribution in [0.2, 0.25) is 0 Å². The van der Waals surface area contributed by atoms with E-state index in [1.54, 1.807) is 20.8 Å². The number of rotatable bonds is 19. The van der Waals surface area contributed by atoms with E-state index in [4.69, 9.17) is 0 Å². The quantitative estimate of drug-likeness (QED) is 0.152. The van der Waals surface area contributed by atoms with Gasteiger partial charge in [-0.1, -0.05) is 44.8 Å². The van der Waals surface area contributed by atoms with Crippen molar-refractivity contribution in [3.8, 4) is 0 Å². The van der Waals surface area contributed by atoms with Gasteiger partial charge in [0.1, 0.15) is 17.8 Å². The molecule has 0 radical (unpaired) electrons. The van der Waals surface area contributed by atoms with Crippen LogP contribution in [0, 0.1) is 17.8 Å². The van der Waals surface area contributed by atoms with Crippen molar-refractivity contribution in [3.05, 3.63) is 12.2 Å². The lowest BCUT2D eigenvalue weighted by Gasteiger charge is -2.42. The first-order valence-electron chi connectivity index (χ1n) is 11.7. The number of allylic oxidation sites excluding steroid dienone is 2. The fraction of sp³-hybridized carbons (Fsp3) is 0.792. The fourth-order valence-corrected chi connectivity index (χ4v) is 4.12. The topological polar surface area (TPSA) is 112 Å². The van der Waals surface area contributed by atoms with Crippen LogP contribution in [-0.2, 0) is 14.4 Å². The third-order valence-corrected chi connectivity index (χ3v) is 5.89. The Morgan fingerprint density at radius 2 is 1.06 bits per heavy atom. The number of quaternary nitrogens is 1. The van der Waals surface area contributed by atoms with Crippen molar-refractivity contribution >= 4 is 17.9 Å². The monoisotopic (exact) mass is 442 g/mol. The fourth-order valence-electron chi connectivity index (χ4n) is 4.12. The highest BCUT2D eigenvalue weighted by Gasteiger charge is 2.37. The zero-order chi connectivity index (χ0) is 23.9. The molecule has 0 aliphatic carbocycles. The summed E-state index contributed by atoms with van der Waals surface area (Å²) in [5.41, 5.74) is 0. The molecule has 0 amide bonds. The van der Waals surface area contributed by atoms with Crippen LogP contribution in [0.3, 0.4) is 0 Å². The van der Waals surface area contributed by atoms with E-state index in [1.165, 1.54) is 32.1 Å². The summed E-state index contributed by atoms with van der Waals surface area (Å²) in [6.45, 7) is 8.25. The predicted octanol–water partition coefficient (Wildman–Crippen LogP) is 4.66. The number of carbonyl (C=O) groups is 3. The Morgan fingerprint density at radius 3 is 1.45 bits per heavy atom. The second kappa shape index (κ2) is 15.8. The number of hydrogen-bond donors (Lipinski definition) is 3. The van der Waals surface area contributed by atoms with Gasteiger partial charge >= 0.3 is 17.9 Å². The van der Waals surface area contributed by atoms with E-state index in [0.29, 0.717) is 6.54 Å². The van der Waals surface area contributed by atoms with Crippen LogP contribution in [0.4, 0.5) is 0 Å².